The van der Waals surface area contributed by atoms with Crippen molar-refractivity contribution in [2.75, 3.05) is 186 Å². The maximum Gasteiger partial charge on any atom is 0.0500 e. The van der Waals surface area contributed by atoms with Crippen LogP contribution in [0.1, 0.15) is 70.6 Å². The van der Waals surface area contributed by atoms with Crippen LogP contribution in [0.25, 0.3) is 0 Å². The van der Waals surface area contributed by atoms with E-state index in [1.807, 2.05) is 0 Å². The van der Waals surface area contributed by atoms with Crippen LogP contribution < -0.4 is 45.5 Å². The fourth-order valence-electron chi connectivity index (χ4n) is 6.54. The first-order valence-corrected chi connectivity index (χ1v) is 21.7. The summed E-state index contributed by atoms with van der Waals surface area (Å²) in [5.74, 6) is 0. The van der Waals surface area contributed by atoms with E-state index in [9.17, 15) is 0 Å². The second-order valence-corrected chi connectivity index (χ2v) is 15.4. The van der Waals surface area contributed by atoms with E-state index in [1.165, 1.54) is 25.7 Å². The van der Waals surface area contributed by atoms with E-state index < -0.39 is 0 Å². The Labute approximate surface area is 335 Å². The van der Waals surface area contributed by atoms with Gasteiger partial charge in [0.25, 0.3) is 0 Å². The molecule has 0 aromatic rings. The van der Waals surface area contributed by atoms with E-state index in [4.69, 9.17) is 40.1 Å². The minimum absolute atomic E-state index is 0.761. The van der Waals surface area contributed by atoms with Gasteiger partial charge in [-0.05, 0) is 217 Å². The minimum Gasteiger partial charge on any atom is -0.330 e. The average molecular weight is 776 g/mol. The van der Waals surface area contributed by atoms with E-state index in [0.717, 1.165) is 202 Å². The largest absolute Gasteiger partial charge is 0.330 e. The first-order chi connectivity index (χ1) is 26.2. The van der Waals surface area contributed by atoms with Gasteiger partial charge in [0, 0.05) is 26.2 Å². The molecule has 0 aliphatic heterocycles. The lowest BCUT2D eigenvalue weighted by molar-refractivity contribution is 0.152. The van der Waals surface area contributed by atoms with Crippen molar-refractivity contribution in [3.05, 3.63) is 0 Å². The Kier molecular flexibility index (Phi) is 44.7. The lowest BCUT2D eigenvalue weighted by Crippen LogP contribution is -2.38. The third-order valence-electron chi connectivity index (χ3n) is 9.27. The molecule has 0 fully saturated rings. The molecule has 0 spiro atoms. The summed E-state index contributed by atoms with van der Waals surface area (Å²) in [6, 6.07) is 0. The van der Waals surface area contributed by atoms with Crippen LogP contribution in [0.15, 0.2) is 0 Å². The zero-order chi connectivity index (χ0) is 40.5. The monoisotopic (exact) mass is 776 g/mol. The number of rotatable bonds is 41. The van der Waals surface area contributed by atoms with E-state index in [2.05, 4.69) is 67.8 Å². The maximum absolute atomic E-state index is 5.69. The lowest BCUT2D eigenvalue weighted by atomic mass is 10.2. The Bertz CT molecular complexity index is 657. The van der Waals surface area contributed by atoms with E-state index in [1.54, 1.807) is 0 Å². The third kappa shape index (κ3) is 39.6. The van der Waals surface area contributed by atoms with Gasteiger partial charge in [-0.2, -0.15) is 0 Å². The van der Waals surface area contributed by atoms with Crippen LogP contribution in [0.5, 0.6) is 0 Å². The molecule has 328 valence electrons. The highest BCUT2D eigenvalue weighted by Crippen LogP contribution is 2.04. The zero-order valence-corrected chi connectivity index (χ0v) is 36.4. The number of nitrogens with zero attached hydrogens (tertiary/aromatic N) is 7. The molecule has 0 amide bonds. The molecular formula is C39H97N15. The number of hydrogen-bond acceptors (Lipinski definition) is 15. The van der Waals surface area contributed by atoms with Gasteiger partial charge in [-0.1, -0.05) is 0 Å². The molecule has 0 atom stereocenters. The van der Waals surface area contributed by atoms with Gasteiger partial charge >= 0.3 is 0 Å². The molecule has 0 unspecified atom stereocenters. The molecule has 15 nitrogen and oxygen atoms in total. The van der Waals surface area contributed by atoms with Crippen molar-refractivity contribution in [3.63, 3.8) is 0 Å². The van der Waals surface area contributed by atoms with Crippen LogP contribution in [0.3, 0.4) is 0 Å². The Morgan fingerprint density at radius 1 is 0.278 bits per heavy atom. The standard InChI is InChI=1S/C21H52N8.C18H45N7/c1-26(2)21-29(19-7-17-27(13-3-9-22)14-4-10-23)20-8-18-28(15-5-11-24)16-6-12-25;1-23(2)18-25(15-6-12-22-11-3-8-19)17-7-16-24(13-4-9-20)14-5-10-21/h3-25H2,1-2H3;22H,3-21H2,1-2H3. The molecule has 0 saturated heterocycles. The van der Waals surface area contributed by atoms with Crippen molar-refractivity contribution < 1.29 is 0 Å². The van der Waals surface area contributed by atoms with Gasteiger partial charge in [0.2, 0.25) is 0 Å². The summed E-state index contributed by atoms with van der Waals surface area (Å²) >= 11 is 0. The molecule has 0 bridgehead atoms. The molecular weight excluding hydrogens is 679 g/mol. The molecule has 0 rings (SSSR count). The van der Waals surface area contributed by atoms with Crippen molar-refractivity contribution in [1.29, 1.82) is 0 Å². The van der Waals surface area contributed by atoms with E-state index in [0.29, 0.717) is 0 Å². The first kappa shape index (κ1) is 55.5. The summed E-state index contributed by atoms with van der Waals surface area (Å²) in [6.07, 6.45) is 12.2. The van der Waals surface area contributed by atoms with Gasteiger partial charge in [-0.15, -0.1) is 0 Å². The van der Waals surface area contributed by atoms with Crippen LogP contribution in [-0.4, -0.2) is 220 Å². The molecule has 54 heavy (non-hydrogen) atoms. The van der Waals surface area contributed by atoms with Crippen molar-refractivity contribution in [3.8, 4) is 0 Å². The molecule has 0 aliphatic carbocycles. The highest BCUT2D eigenvalue weighted by atomic mass is 15.3. The van der Waals surface area contributed by atoms with Crippen molar-refractivity contribution >= 4 is 0 Å². The Hall–Kier alpha value is -0.600. The SMILES string of the molecule is CN(C)CN(CCCN(CCCN)CCCN)CCCN(CCCN)CCCN.CN(C)CN(CCCNCCCN)CCCN(CCCN)CCCN. The summed E-state index contributed by atoms with van der Waals surface area (Å²) in [5, 5.41) is 3.46. The normalized spacial score (nSPS) is 12.1. The molecule has 0 aromatic carbocycles. The molecule has 0 aromatic heterocycles. The van der Waals surface area contributed by atoms with Crippen LogP contribution in [0, 0.1) is 0 Å². The first-order valence-electron chi connectivity index (χ1n) is 21.7. The summed E-state index contributed by atoms with van der Waals surface area (Å²) < 4.78 is 0. The predicted octanol–water partition coefficient (Wildman–Crippen LogP) is -0.887. The highest BCUT2D eigenvalue weighted by Gasteiger charge is 2.12. The topological polar surface area (TPSA) is 217 Å². The van der Waals surface area contributed by atoms with Crippen LogP contribution in [0.4, 0.5) is 0 Å². The van der Waals surface area contributed by atoms with Gasteiger partial charge in [0.15, 0.2) is 0 Å². The zero-order valence-electron chi connectivity index (χ0n) is 36.4. The summed E-state index contributed by atoms with van der Waals surface area (Å²) in [5.41, 5.74) is 39.6. The third-order valence-corrected chi connectivity index (χ3v) is 9.27. The number of nitrogens with one attached hydrogen (secondary N) is 1. The predicted molar refractivity (Wildman–Crippen MR) is 237 cm³/mol. The number of nitrogens with two attached hydrogens (primary N) is 7. The lowest BCUT2D eigenvalue weighted by Gasteiger charge is -2.29. The van der Waals surface area contributed by atoms with Gasteiger partial charge in [0.1, 0.15) is 0 Å². The Morgan fingerprint density at radius 3 is 0.759 bits per heavy atom. The van der Waals surface area contributed by atoms with Gasteiger partial charge in [0.05, 0.1) is 13.3 Å². The fraction of sp³-hybridized carbons (Fsp3) is 1.00. The molecule has 15 heteroatoms. The van der Waals surface area contributed by atoms with Gasteiger partial charge in [-0.3, -0.25) is 19.6 Å². The van der Waals surface area contributed by atoms with Crippen LogP contribution >= 0.6 is 0 Å². The fourth-order valence-corrected chi connectivity index (χ4v) is 6.54. The molecule has 0 saturated carbocycles. The van der Waals surface area contributed by atoms with Crippen molar-refractivity contribution in [2.24, 2.45) is 40.1 Å². The molecule has 15 N–H and O–H groups in total. The van der Waals surface area contributed by atoms with Gasteiger partial charge in [-0.25, -0.2) is 0 Å². The minimum atomic E-state index is 0.761. The summed E-state index contributed by atoms with van der Waals surface area (Å²) in [7, 11) is 8.58. The van der Waals surface area contributed by atoms with Crippen molar-refractivity contribution in [1.82, 2.24) is 39.6 Å². The average Bonchev–Trinajstić information content (AvgIpc) is 3.15. The summed E-state index contributed by atoms with van der Waals surface area (Å²) in [6.45, 7) is 23.9. The second kappa shape index (κ2) is 43.5. The van der Waals surface area contributed by atoms with Crippen LogP contribution in [0.2, 0.25) is 0 Å². The maximum atomic E-state index is 5.69. The Morgan fingerprint density at radius 2 is 0.500 bits per heavy atom. The van der Waals surface area contributed by atoms with Crippen LogP contribution in [-0.2, 0) is 0 Å². The van der Waals surface area contributed by atoms with Crippen molar-refractivity contribution in [2.45, 2.75) is 70.6 Å². The second-order valence-electron chi connectivity index (χ2n) is 15.4. The molecule has 0 aliphatic rings. The van der Waals surface area contributed by atoms with Gasteiger partial charge < -0.3 is 60.2 Å². The Balaban J connectivity index is 0. The number of hydrogen-bond donors (Lipinski definition) is 8. The van der Waals surface area contributed by atoms with E-state index in [-0.39, 0.29) is 0 Å². The summed E-state index contributed by atoms with van der Waals surface area (Å²) in [4.78, 5) is 17.2. The quantitative estimate of drug-likeness (QED) is 0.0279. The molecule has 0 heterocycles. The molecule has 0 radical (unpaired) electrons. The highest BCUT2D eigenvalue weighted by molar-refractivity contribution is 4.67. The smallest absolute Gasteiger partial charge is 0.0500 e. The van der Waals surface area contributed by atoms with E-state index >= 15 is 0 Å².